The monoisotopic (exact) mass is 340 g/mol. The predicted molar refractivity (Wildman–Crippen MR) is 96.9 cm³/mol. The molecule has 1 amide bonds. The highest BCUT2D eigenvalue weighted by Crippen LogP contribution is 2.60. The van der Waals surface area contributed by atoms with Gasteiger partial charge in [0.25, 0.3) is 0 Å². The SMILES string of the molecule is CN(CC(=O)C12CC3CC(CC(C3)C1)C2)Cc1cccc(C(N)=O)c1. The maximum absolute atomic E-state index is 13.2. The quantitative estimate of drug-likeness (QED) is 0.866. The molecule has 1 aromatic carbocycles. The van der Waals surface area contributed by atoms with Crippen LogP contribution in [0.5, 0.6) is 0 Å². The summed E-state index contributed by atoms with van der Waals surface area (Å²) in [6.45, 7) is 1.17. The highest BCUT2D eigenvalue weighted by molar-refractivity contribution is 5.92. The molecular weight excluding hydrogens is 312 g/mol. The van der Waals surface area contributed by atoms with Gasteiger partial charge in [0.05, 0.1) is 6.54 Å². The number of Topliss-reactive ketones (excluding diaryl/α,β-unsaturated/α-hetero) is 1. The van der Waals surface area contributed by atoms with Crippen LogP contribution in [0.4, 0.5) is 0 Å². The van der Waals surface area contributed by atoms with Crippen LogP contribution in [0.2, 0.25) is 0 Å². The predicted octanol–water partition coefficient (Wildman–Crippen LogP) is 3.00. The van der Waals surface area contributed by atoms with Crippen LogP contribution in [0, 0.1) is 23.2 Å². The third-order valence-electron chi connectivity index (χ3n) is 6.71. The number of hydrogen-bond acceptors (Lipinski definition) is 3. The first-order chi connectivity index (χ1) is 11.9. The average molecular weight is 340 g/mol. The highest BCUT2D eigenvalue weighted by Gasteiger charge is 2.54. The number of primary amides is 1. The lowest BCUT2D eigenvalue weighted by Gasteiger charge is -2.56. The first-order valence-corrected chi connectivity index (χ1v) is 9.54. The van der Waals surface area contributed by atoms with E-state index in [0.29, 0.717) is 24.4 Å². The second-order valence-corrected chi connectivity index (χ2v) is 8.86. The Bertz CT molecular complexity index is 662. The van der Waals surface area contributed by atoms with Crippen molar-refractivity contribution in [1.82, 2.24) is 4.90 Å². The van der Waals surface area contributed by atoms with Crippen LogP contribution < -0.4 is 5.73 Å². The van der Waals surface area contributed by atoms with Crippen LogP contribution >= 0.6 is 0 Å². The minimum absolute atomic E-state index is 0.0297. The van der Waals surface area contributed by atoms with Gasteiger partial charge in [0.2, 0.25) is 5.91 Å². The van der Waals surface area contributed by atoms with Gasteiger partial charge in [0, 0.05) is 17.5 Å². The molecule has 2 N–H and O–H groups in total. The van der Waals surface area contributed by atoms with E-state index in [9.17, 15) is 9.59 Å². The lowest BCUT2D eigenvalue weighted by atomic mass is 9.48. The van der Waals surface area contributed by atoms with E-state index in [1.807, 2.05) is 25.2 Å². The summed E-state index contributed by atoms with van der Waals surface area (Å²) >= 11 is 0. The van der Waals surface area contributed by atoms with Crippen molar-refractivity contribution in [3.63, 3.8) is 0 Å². The fourth-order valence-electron chi connectivity index (χ4n) is 6.06. The van der Waals surface area contributed by atoms with Crippen molar-refractivity contribution < 1.29 is 9.59 Å². The Morgan fingerprint density at radius 3 is 2.28 bits per heavy atom. The van der Waals surface area contributed by atoms with Crippen molar-refractivity contribution in [3.05, 3.63) is 35.4 Å². The molecule has 0 unspecified atom stereocenters. The van der Waals surface area contributed by atoms with Crippen LogP contribution in [-0.4, -0.2) is 30.2 Å². The van der Waals surface area contributed by atoms with E-state index in [1.165, 1.54) is 19.3 Å². The zero-order valence-corrected chi connectivity index (χ0v) is 15.0. The summed E-state index contributed by atoms with van der Waals surface area (Å²) < 4.78 is 0. The Balaban J connectivity index is 1.41. The molecule has 0 aliphatic heterocycles. The van der Waals surface area contributed by atoms with Crippen molar-refractivity contribution in [2.75, 3.05) is 13.6 Å². The summed E-state index contributed by atoms with van der Waals surface area (Å²) in [5.74, 6) is 2.43. The maximum Gasteiger partial charge on any atom is 0.248 e. The third kappa shape index (κ3) is 3.24. The molecule has 0 saturated heterocycles. The molecule has 4 aliphatic carbocycles. The first-order valence-electron chi connectivity index (χ1n) is 9.54. The Labute approximate surface area is 149 Å². The number of nitrogens with zero attached hydrogens (tertiary/aromatic N) is 1. The standard InChI is InChI=1S/C21H28N2O2/c1-23(12-14-3-2-4-18(8-14)20(22)25)13-19(24)21-9-15-5-16(10-21)7-17(6-15)11-21/h2-4,8,15-17H,5-7,9-13H2,1H3,(H2,22,25). The molecule has 0 aromatic heterocycles. The second-order valence-electron chi connectivity index (χ2n) is 8.86. The van der Waals surface area contributed by atoms with Gasteiger partial charge in [0.15, 0.2) is 5.78 Å². The average Bonchev–Trinajstić information content (AvgIpc) is 2.53. The third-order valence-corrected chi connectivity index (χ3v) is 6.71. The van der Waals surface area contributed by atoms with E-state index in [4.69, 9.17) is 5.73 Å². The minimum atomic E-state index is -0.408. The molecule has 0 spiro atoms. The fraction of sp³-hybridized carbons (Fsp3) is 0.619. The number of likely N-dealkylation sites (N-methyl/N-ethyl adjacent to an activating group) is 1. The van der Waals surface area contributed by atoms with Crippen LogP contribution in [0.3, 0.4) is 0 Å². The van der Waals surface area contributed by atoms with Gasteiger partial charge in [-0.2, -0.15) is 0 Å². The molecule has 4 bridgehead atoms. The van der Waals surface area contributed by atoms with Gasteiger partial charge in [-0.25, -0.2) is 0 Å². The number of ketones is 1. The number of rotatable bonds is 6. The molecule has 4 aliphatic rings. The zero-order valence-electron chi connectivity index (χ0n) is 15.0. The van der Waals surface area contributed by atoms with E-state index < -0.39 is 5.91 Å². The van der Waals surface area contributed by atoms with E-state index in [0.717, 1.165) is 42.6 Å². The second kappa shape index (κ2) is 6.24. The number of amides is 1. The molecular formula is C21H28N2O2. The molecule has 4 saturated carbocycles. The van der Waals surface area contributed by atoms with Gasteiger partial charge < -0.3 is 5.73 Å². The van der Waals surface area contributed by atoms with Gasteiger partial charge >= 0.3 is 0 Å². The molecule has 4 fully saturated rings. The number of benzene rings is 1. The Hall–Kier alpha value is -1.68. The lowest BCUT2D eigenvalue weighted by Crippen LogP contribution is -2.52. The summed E-state index contributed by atoms with van der Waals surface area (Å²) in [4.78, 5) is 26.6. The smallest absolute Gasteiger partial charge is 0.248 e. The Morgan fingerprint density at radius 1 is 1.12 bits per heavy atom. The first kappa shape index (κ1) is 16.8. The molecule has 134 valence electrons. The van der Waals surface area contributed by atoms with Gasteiger partial charge in [-0.1, -0.05) is 12.1 Å². The number of carbonyl (C=O) groups excluding carboxylic acids is 2. The Kier molecular flexibility index (Phi) is 4.19. The molecule has 4 nitrogen and oxygen atoms in total. The summed E-state index contributed by atoms with van der Waals surface area (Å²) in [6.07, 6.45) is 7.47. The molecule has 4 heteroatoms. The highest BCUT2D eigenvalue weighted by atomic mass is 16.1. The van der Waals surface area contributed by atoms with Crippen molar-refractivity contribution in [3.8, 4) is 0 Å². The summed E-state index contributed by atoms with van der Waals surface area (Å²) in [6, 6.07) is 7.39. The normalized spacial score (nSPS) is 33.0. The van der Waals surface area contributed by atoms with Crippen LogP contribution in [0.1, 0.15) is 54.4 Å². The maximum atomic E-state index is 13.2. The van der Waals surface area contributed by atoms with E-state index in [1.54, 1.807) is 6.07 Å². The summed E-state index contributed by atoms with van der Waals surface area (Å²) in [7, 11) is 2.00. The van der Waals surface area contributed by atoms with Crippen LogP contribution in [-0.2, 0) is 11.3 Å². The Morgan fingerprint density at radius 2 is 1.72 bits per heavy atom. The largest absolute Gasteiger partial charge is 0.366 e. The summed E-state index contributed by atoms with van der Waals surface area (Å²) in [5, 5.41) is 0. The van der Waals surface area contributed by atoms with Gasteiger partial charge in [-0.3, -0.25) is 14.5 Å². The molecule has 25 heavy (non-hydrogen) atoms. The number of carbonyl (C=O) groups is 2. The van der Waals surface area contributed by atoms with Crippen molar-refractivity contribution in [2.24, 2.45) is 28.9 Å². The molecule has 0 atom stereocenters. The van der Waals surface area contributed by atoms with E-state index in [2.05, 4.69) is 4.90 Å². The molecule has 0 heterocycles. The molecule has 5 rings (SSSR count). The number of nitrogens with two attached hydrogens (primary N) is 1. The van der Waals surface area contributed by atoms with Crippen LogP contribution in [0.15, 0.2) is 24.3 Å². The summed E-state index contributed by atoms with van der Waals surface area (Å²) in [5.41, 5.74) is 6.88. The van der Waals surface area contributed by atoms with Gasteiger partial charge in [-0.05, 0) is 81.0 Å². The minimum Gasteiger partial charge on any atom is -0.366 e. The van der Waals surface area contributed by atoms with Crippen molar-refractivity contribution in [1.29, 1.82) is 0 Å². The zero-order chi connectivity index (χ0) is 17.6. The van der Waals surface area contributed by atoms with Crippen molar-refractivity contribution in [2.45, 2.75) is 45.1 Å². The van der Waals surface area contributed by atoms with Gasteiger partial charge in [0.1, 0.15) is 0 Å². The van der Waals surface area contributed by atoms with Crippen molar-refractivity contribution >= 4 is 11.7 Å². The fourth-order valence-corrected chi connectivity index (χ4v) is 6.06. The van der Waals surface area contributed by atoms with E-state index >= 15 is 0 Å². The van der Waals surface area contributed by atoms with E-state index in [-0.39, 0.29) is 5.41 Å². The number of hydrogen-bond donors (Lipinski definition) is 1. The molecule has 1 aromatic rings. The topological polar surface area (TPSA) is 63.4 Å². The lowest BCUT2D eigenvalue weighted by molar-refractivity contribution is -0.144. The van der Waals surface area contributed by atoms with Gasteiger partial charge in [-0.15, -0.1) is 0 Å². The molecule has 0 radical (unpaired) electrons. The van der Waals surface area contributed by atoms with Crippen LogP contribution in [0.25, 0.3) is 0 Å².